The van der Waals surface area contributed by atoms with Crippen LogP contribution in [0.5, 0.6) is 0 Å². The van der Waals surface area contributed by atoms with Gasteiger partial charge in [-0.2, -0.15) is 0 Å². The molecule has 0 saturated heterocycles. The monoisotopic (exact) mass is 291 g/mol. The van der Waals surface area contributed by atoms with Gasteiger partial charge in [0.25, 0.3) is 0 Å². The topological polar surface area (TPSA) is 43.1 Å². The molecule has 94 valence electrons. The van der Waals surface area contributed by atoms with E-state index in [4.69, 9.17) is 27.6 Å². The molecule has 0 bridgehead atoms. The van der Waals surface area contributed by atoms with Crippen LogP contribution in [0, 0.1) is 0 Å². The molecule has 19 heavy (non-hydrogen) atoms. The molecule has 0 N–H and O–H groups in total. The zero-order chi connectivity index (χ0) is 13.4. The van der Waals surface area contributed by atoms with Gasteiger partial charge in [0.1, 0.15) is 5.52 Å². The third-order valence-electron chi connectivity index (χ3n) is 2.66. The summed E-state index contributed by atoms with van der Waals surface area (Å²) in [5, 5.41) is 0.713. The smallest absolute Gasteiger partial charge is 0.363 e. The number of nitrogens with zero attached hydrogens (tertiary/aromatic N) is 1. The second kappa shape index (κ2) is 4.68. The number of rotatable bonds is 1. The van der Waals surface area contributed by atoms with Crippen LogP contribution in [0.2, 0.25) is 10.0 Å². The molecule has 0 atom stereocenters. The van der Waals surface area contributed by atoms with Crippen LogP contribution in [0.4, 0.5) is 0 Å². The zero-order valence-electron chi connectivity index (χ0n) is 9.56. The van der Waals surface area contributed by atoms with Gasteiger partial charge in [-0.15, -0.1) is 0 Å². The molecule has 0 fully saturated rings. The fraction of sp³-hybridized carbons (Fsp3) is 0. The lowest BCUT2D eigenvalue weighted by Crippen LogP contribution is -2.06. The van der Waals surface area contributed by atoms with E-state index in [0.717, 1.165) is 0 Å². The van der Waals surface area contributed by atoms with Crippen LogP contribution in [0.25, 0.3) is 22.4 Å². The van der Waals surface area contributed by atoms with Gasteiger partial charge in [0.15, 0.2) is 11.3 Å². The lowest BCUT2D eigenvalue weighted by molar-refractivity contribution is 0.558. The predicted molar refractivity (Wildman–Crippen MR) is 75.7 cm³/mol. The van der Waals surface area contributed by atoms with Gasteiger partial charge in [-0.25, -0.2) is 9.78 Å². The maximum Gasteiger partial charge on any atom is 0.363 e. The highest BCUT2D eigenvalue weighted by molar-refractivity contribution is 6.37. The van der Waals surface area contributed by atoms with E-state index >= 15 is 0 Å². The van der Waals surface area contributed by atoms with Gasteiger partial charge in [-0.05, 0) is 12.1 Å². The molecule has 3 aromatic rings. The summed E-state index contributed by atoms with van der Waals surface area (Å²) in [6, 6.07) is 12.2. The fourth-order valence-electron chi connectivity index (χ4n) is 1.82. The maximum atomic E-state index is 11.9. The average Bonchev–Trinajstić information content (AvgIpc) is 2.40. The summed E-state index contributed by atoms with van der Waals surface area (Å²) < 4.78 is 5.22. The quantitative estimate of drug-likeness (QED) is 0.676. The first-order chi connectivity index (χ1) is 9.15. The highest BCUT2D eigenvalue weighted by Gasteiger charge is 2.12. The van der Waals surface area contributed by atoms with Crippen LogP contribution in [0.1, 0.15) is 0 Å². The molecule has 3 nitrogen and oxygen atoms in total. The highest BCUT2D eigenvalue weighted by Crippen LogP contribution is 2.27. The molecule has 0 aliphatic rings. The Morgan fingerprint density at radius 3 is 2.53 bits per heavy atom. The second-order valence-corrected chi connectivity index (χ2v) is 4.80. The van der Waals surface area contributed by atoms with Crippen LogP contribution in [0.15, 0.2) is 51.7 Å². The molecule has 1 aromatic heterocycles. The van der Waals surface area contributed by atoms with E-state index in [1.165, 1.54) is 6.07 Å². The van der Waals surface area contributed by atoms with Gasteiger partial charge < -0.3 is 4.42 Å². The van der Waals surface area contributed by atoms with Gasteiger partial charge in [-0.1, -0.05) is 53.5 Å². The Morgan fingerprint density at radius 1 is 1.05 bits per heavy atom. The van der Waals surface area contributed by atoms with Crippen LogP contribution in [-0.2, 0) is 0 Å². The van der Waals surface area contributed by atoms with E-state index in [0.29, 0.717) is 16.1 Å². The van der Waals surface area contributed by atoms with E-state index in [9.17, 15) is 4.79 Å². The van der Waals surface area contributed by atoms with E-state index in [2.05, 4.69) is 4.98 Å². The van der Waals surface area contributed by atoms with E-state index in [1.54, 1.807) is 18.2 Å². The first-order valence-corrected chi connectivity index (χ1v) is 6.26. The minimum atomic E-state index is -0.525. The van der Waals surface area contributed by atoms with Crippen molar-refractivity contribution in [3.8, 4) is 11.3 Å². The van der Waals surface area contributed by atoms with E-state index < -0.39 is 5.63 Å². The molecular formula is C14H7Cl2NO2. The minimum absolute atomic E-state index is 0.242. The Morgan fingerprint density at radius 2 is 1.79 bits per heavy atom. The Balaban J connectivity index is 2.34. The maximum absolute atomic E-state index is 11.9. The Labute approximate surface area is 118 Å². The third-order valence-corrected chi connectivity index (χ3v) is 3.16. The van der Waals surface area contributed by atoms with Crippen LogP contribution < -0.4 is 5.63 Å². The average molecular weight is 292 g/mol. The molecule has 0 aliphatic carbocycles. The highest BCUT2D eigenvalue weighted by atomic mass is 35.5. The largest absolute Gasteiger partial charge is 0.418 e. The summed E-state index contributed by atoms with van der Waals surface area (Å²) in [4.78, 5) is 16.2. The van der Waals surface area contributed by atoms with Gasteiger partial charge >= 0.3 is 5.63 Å². The van der Waals surface area contributed by atoms with E-state index in [-0.39, 0.29) is 16.3 Å². The van der Waals surface area contributed by atoms with Gasteiger partial charge in [0, 0.05) is 10.6 Å². The summed E-state index contributed by atoms with van der Waals surface area (Å²) in [6.45, 7) is 0. The summed E-state index contributed by atoms with van der Waals surface area (Å²) in [6.07, 6.45) is 0. The van der Waals surface area contributed by atoms with Crippen molar-refractivity contribution in [2.75, 3.05) is 0 Å². The normalized spacial score (nSPS) is 10.8. The molecule has 0 unspecified atom stereocenters. The summed E-state index contributed by atoms with van der Waals surface area (Å²) in [5.74, 6) is 0. The number of hydrogen-bond acceptors (Lipinski definition) is 3. The second-order valence-electron chi connectivity index (χ2n) is 3.95. The van der Waals surface area contributed by atoms with Crippen molar-refractivity contribution in [3.05, 3.63) is 62.9 Å². The molecular weight excluding hydrogens is 285 g/mol. The third kappa shape index (κ3) is 2.23. The fourth-order valence-corrected chi connectivity index (χ4v) is 2.34. The Kier molecular flexibility index (Phi) is 3.01. The molecule has 0 amide bonds. The summed E-state index contributed by atoms with van der Waals surface area (Å²) >= 11 is 11.9. The SMILES string of the molecule is O=c1oc2c(Cl)cc(Cl)cc2nc1-c1ccccc1. The van der Waals surface area contributed by atoms with E-state index in [1.807, 2.05) is 18.2 Å². The van der Waals surface area contributed by atoms with Crippen LogP contribution in [-0.4, -0.2) is 4.98 Å². The molecule has 3 rings (SSSR count). The van der Waals surface area contributed by atoms with Crippen LogP contribution in [0.3, 0.4) is 0 Å². The molecule has 2 aromatic carbocycles. The predicted octanol–water partition coefficient (Wildman–Crippen LogP) is 4.16. The summed E-state index contributed by atoms with van der Waals surface area (Å²) in [7, 11) is 0. The Hall–Kier alpha value is -1.84. The lowest BCUT2D eigenvalue weighted by atomic mass is 10.1. The molecule has 1 heterocycles. The summed E-state index contributed by atoms with van der Waals surface area (Å²) in [5.41, 5.74) is 1.11. The number of halogens is 2. The molecule has 0 saturated carbocycles. The molecule has 0 spiro atoms. The van der Waals surface area contributed by atoms with Crippen molar-refractivity contribution < 1.29 is 4.42 Å². The van der Waals surface area contributed by atoms with Gasteiger partial charge in [0.05, 0.1) is 5.02 Å². The molecule has 5 heteroatoms. The number of hydrogen-bond donors (Lipinski definition) is 0. The van der Waals surface area contributed by atoms with Crippen LogP contribution >= 0.6 is 23.2 Å². The van der Waals surface area contributed by atoms with Crippen molar-refractivity contribution in [1.29, 1.82) is 0 Å². The van der Waals surface area contributed by atoms with Crippen molar-refractivity contribution in [2.45, 2.75) is 0 Å². The number of fused-ring (bicyclic) bond motifs is 1. The van der Waals surface area contributed by atoms with Crippen molar-refractivity contribution in [3.63, 3.8) is 0 Å². The van der Waals surface area contributed by atoms with Gasteiger partial charge in [0.2, 0.25) is 0 Å². The van der Waals surface area contributed by atoms with Crippen molar-refractivity contribution in [2.24, 2.45) is 0 Å². The Bertz CT molecular complexity index is 813. The number of benzene rings is 2. The lowest BCUT2D eigenvalue weighted by Gasteiger charge is -2.03. The minimum Gasteiger partial charge on any atom is -0.418 e. The number of aromatic nitrogens is 1. The molecule has 0 aliphatic heterocycles. The first-order valence-electron chi connectivity index (χ1n) is 5.50. The first kappa shape index (κ1) is 12.2. The molecule has 0 radical (unpaired) electrons. The van der Waals surface area contributed by atoms with Crippen molar-refractivity contribution in [1.82, 2.24) is 4.98 Å². The van der Waals surface area contributed by atoms with Gasteiger partial charge in [-0.3, -0.25) is 0 Å². The standard InChI is InChI=1S/C14H7Cl2NO2/c15-9-6-10(16)13-11(7-9)17-12(14(18)19-13)8-4-2-1-3-5-8/h1-7H. The van der Waals surface area contributed by atoms with Crippen molar-refractivity contribution >= 4 is 34.3 Å². The zero-order valence-corrected chi connectivity index (χ0v) is 11.1.